The molecule has 0 aromatic heterocycles. The van der Waals surface area contributed by atoms with Crippen molar-refractivity contribution >= 4 is 23.1 Å². The molecule has 0 saturated carbocycles. The summed E-state index contributed by atoms with van der Waals surface area (Å²) >= 11 is 0. The van der Waals surface area contributed by atoms with Crippen LogP contribution in [0.4, 0.5) is 0 Å². The molecule has 0 amide bonds. The van der Waals surface area contributed by atoms with E-state index in [4.69, 9.17) is 14.2 Å². The topological polar surface area (TPSA) is 27.7 Å². The highest BCUT2D eigenvalue weighted by Gasteiger charge is 2.34. The second-order valence-electron chi connectivity index (χ2n) is 11.7. The third kappa shape index (κ3) is 7.34. The summed E-state index contributed by atoms with van der Waals surface area (Å²) in [4.78, 5) is 0. The van der Waals surface area contributed by atoms with Crippen molar-refractivity contribution in [3.05, 3.63) is 72.8 Å². The maximum Gasteiger partial charge on any atom is 0.255 e. The number of hydrogen-bond acceptors (Lipinski definition) is 3. The lowest BCUT2D eigenvalue weighted by Crippen LogP contribution is -2.54. The molecule has 0 spiro atoms. The molecule has 37 heavy (non-hydrogen) atoms. The van der Waals surface area contributed by atoms with E-state index in [1.54, 1.807) is 0 Å². The minimum atomic E-state index is -0.291. The van der Waals surface area contributed by atoms with Crippen molar-refractivity contribution in [2.45, 2.75) is 98.4 Å². The summed E-state index contributed by atoms with van der Waals surface area (Å²) in [5.74, 6) is 2.65. The molecule has 198 valence electrons. The Labute approximate surface area is 225 Å². The summed E-state index contributed by atoms with van der Waals surface area (Å²) in [5, 5.41) is 0. The van der Waals surface area contributed by atoms with E-state index >= 15 is 0 Å². The first kappa shape index (κ1) is 28.7. The minimum absolute atomic E-state index is 0.142. The summed E-state index contributed by atoms with van der Waals surface area (Å²) in [6.07, 6.45) is 2.71. The fraction of sp³-hybridized carbons (Fsp3) is 0.455. The van der Waals surface area contributed by atoms with E-state index in [2.05, 4.69) is 117 Å². The number of hydrogen-bond donors (Lipinski definition) is 0. The molecular weight excluding hydrogens is 455 g/mol. The first-order valence-corrected chi connectivity index (χ1v) is 13.8. The van der Waals surface area contributed by atoms with Gasteiger partial charge in [-0.05, 0) is 95.4 Å². The number of rotatable bonds is 12. The molecule has 3 nitrogen and oxygen atoms in total. The molecule has 4 heteroatoms. The Bertz CT molecular complexity index is 1020. The molecular formula is C33H45BO3. The molecule has 3 rings (SSSR count). The maximum atomic E-state index is 6.65. The van der Waals surface area contributed by atoms with Gasteiger partial charge in [0, 0.05) is 0 Å². The van der Waals surface area contributed by atoms with Gasteiger partial charge in [-0.3, -0.25) is 0 Å². The lowest BCUT2D eigenvalue weighted by molar-refractivity contribution is 0.106. The molecule has 0 aliphatic rings. The van der Waals surface area contributed by atoms with E-state index < -0.39 is 0 Å². The average Bonchev–Trinajstić information content (AvgIpc) is 2.86. The SMILES string of the molecule is CCC(C)(C)Oc1ccccc1B(c1ccccc1OC(C)(C)CC)c1ccccc1OC(C)(C)CC. The second kappa shape index (κ2) is 11.7. The summed E-state index contributed by atoms with van der Waals surface area (Å²) in [6, 6.07) is 25.2. The highest BCUT2D eigenvalue weighted by atomic mass is 16.5. The van der Waals surface area contributed by atoms with Gasteiger partial charge >= 0.3 is 0 Å². The molecule has 0 heterocycles. The fourth-order valence-electron chi connectivity index (χ4n) is 4.05. The van der Waals surface area contributed by atoms with Crippen molar-refractivity contribution in [1.82, 2.24) is 0 Å². The van der Waals surface area contributed by atoms with E-state index in [0.717, 1.165) is 52.9 Å². The lowest BCUT2D eigenvalue weighted by Gasteiger charge is -2.32. The van der Waals surface area contributed by atoms with Crippen LogP contribution in [0.5, 0.6) is 17.2 Å². The van der Waals surface area contributed by atoms with E-state index in [-0.39, 0.29) is 23.5 Å². The van der Waals surface area contributed by atoms with Crippen molar-refractivity contribution in [3.8, 4) is 17.2 Å². The maximum absolute atomic E-state index is 6.65. The van der Waals surface area contributed by atoms with Crippen LogP contribution in [-0.2, 0) is 0 Å². The number of ether oxygens (including phenoxy) is 3. The van der Waals surface area contributed by atoms with Gasteiger partial charge in [-0.15, -0.1) is 0 Å². The quantitative estimate of drug-likeness (QED) is 0.253. The smallest absolute Gasteiger partial charge is 0.255 e. The van der Waals surface area contributed by atoms with Crippen LogP contribution in [0.15, 0.2) is 72.8 Å². The summed E-state index contributed by atoms with van der Waals surface area (Å²) in [5.41, 5.74) is 2.42. The van der Waals surface area contributed by atoms with Crippen LogP contribution < -0.4 is 30.6 Å². The number of para-hydroxylation sites is 3. The molecule has 0 unspecified atom stereocenters. The van der Waals surface area contributed by atoms with Crippen molar-refractivity contribution in [2.75, 3.05) is 0 Å². The highest BCUT2D eigenvalue weighted by molar-refractivity contribution is 6.97. The molecule has 0 saturated heterocycles. The van der Waals surface area contributed by atoms with Crippen molar-refractivity contribution in [1.29, 1.82) is 0 Å². The molecule has 3 aromatic carbocycles. The van der Waals surface area contributed by atoms with Gasteiger partial charge in [0.25, 0.3) is 6.71 Å². The molecule has 0 atom stereocenters. The Morgan fingerprint density at radius 3 is 0.946 bits per heavy atom. The van der Waals surface area contributed by atoms with Crippen LogP contribution >= 0.6 is 0 Å². The van der Waals surface area contributed by atoms with Gasteiger partial charge in [-0.2, -0.15) is 0 Å². The third-order valence-corrected chi connectivity index (χ3v) is 7.40. The van der Waals surface area contributed by atoms with Gasteiger partial charge in [0.2, 0.25) is 0 Å². The lowest BCUT2D eigenvalue weighted by atomic mass is 9.36. The van der Waals surface area contributed by atoms with Gasteiger partial charge in [0.05, 0.1) is 0 Å². The zero-order chi connectivity index (χ0) is 27.3. The van der Waals surface area contributed by atoms with Crippen LogP contribution in [-0.4, -0.2) is 23.5 Å². The predicted molar refractivity (Wildman–Crippen MR) is 159 cm³/mol. The van der Waals surface area contributed by atoms with Crippen LogP contribution in [0.1, 0.15) is 81.6 Å². The summed E-state index contributed by atoms with van der Waals surface area (Å²) in [7, 11) is 0. The van der Waals surface area contributed by atoms with Gasteiger partial charge in [0.1, 0.15) is 34.1 Å². The van der Waals surface area contributed by atoms with Gasteiger partial charge < -0.3 is 14.2 Å². The Balaban J connectivity index is 2.30. The Morgan fingerprint density at radius 1 is 0.459 bits per heavy atom. The Kier molecular flexibility index (Phi) is 9.05. The van der Waals surface area contributed by atoms with E-state index in [0.29, 0.717) is 0 Å². The molecule has 0 aliphatic heterocycles. The molecule has 3 aromatic rings. The standard InChI is InChI=1S/C33H45BO3/c1-10-31(4,5)35-28-22-16-13-19-25(28)34(26-20-14-17-23-29(26)36-32(6,7)11-2)27-21-15-18-24-30(27)37-33(8,9)12-3/h13-24H,10-12H2,1-9H3. The summed E-state index contributed by atoms with van der Waals surface area (Å²) < 4.78 is 19.9. The highest BCUT2D eigenvalue weighted by Crippen LogP contribution is 2.25. The second-order valence-corrected chi connectivity index (χ2v) is 11.7. The Hall–Kier alpha value is -2.88. The van der Waals surface area contributed by atoms with Crippen molar-refractivity contribution in [2.24, 2.45) is 0 Å². The largest absolute Gasteiger partial charge is 0.488 e. The monoisotopic (exact) mass is 500 g/mol. The summed E-state index contributed by atoms with van der Waals surface area (Å²) in [6.45, 7) is 19.2. The van der Waals surface area contributed by atoms with Crippen LogP contribution in [0.2, 0.25) is 0 Å². The minimum Gasteiger partial charge on any atom is -0.488 e. The molecule has 0 bridgehead atoms. The van der Waals surface area contributed by atoms with Crippen LogP contribution in [0, 0.1) is 0 Å². The zero-order valence-corrected chi connectivity index (χ0v) is 24.4. The molecule has 0 N–H and O–H groups in total. The van der Waals surface area contributed by atoms with Gasteiger partial charge in [0.15, 0.2) is 0 Å². The third-order valence-electron chi connectivity index (χ3n) is 7.40. The normalized spacial score (nSPS) is 12.2. The molecule has 0 aliphatic carbocycles. The first-order chi connectivity index (χ1) is 17.4. The van der Waals surface area contributed by atoms with Gasteiger partial charge in [-0.1, -0.05) is 75.4 Å². The van der Waals surface area contributed by atoms with E-state index in [1.807, 2.05) is 18.2 Å². The van der Waals surface area contributed by atoms with Crippen molar-refractivity contribution < 1.29 is 14.2 Å². The predicted octanol–water partition coefficient (Wildman–Crippen LogP) is 6.91. The van der Waals surface area contributed by atoms with Crippen molar-refractivity contribution in [3.63, 3.8) is 0 Å². The van der Waals surface area contributed by atoms with E-state index in [1.165, 1.54) is 0 Å². The van der Waals surface area contributed by atoms with E-state index in [9.17, 15) is 0 Å². The number of benzene rings is 3. The zero-order valence-electron chi connectivity index (χ0n) is 24.4. The van der Waals surface area contributed by atoms with Crippen LogP contribution in [0.25, 0.3) is 0 Å². The molecule has 0 fully saturated rings. The first-order valence-electron chi connectivity index (χ1n) is 13.8. The van der Waals surface area contributed by atoms with Gasteiger partial charge in [-0.25, -0.2) is 0 Å². The fourth-order valence-corrected chi connectivity index (χ4v) is 4.05. The average molecular weight is 501 g/mol. The molecule has 0 radical (unpaired) electrons. The van der Waals surface area contributed by atoms with Crippen LogP contribution in [0.3, 0.4) is 0 Å². The Morgan fingerprint density at radius 2 is 0.703 bits per heavy atom.